The number of nitrogens with zero attached hydrogens (tertiary/aromatic N) is 3. The Bertz CT molecular complexity index is 564. The summed E-state index contributed by atoms with van der Waals surface area (Å²) >= 11 is 5.89. The van der Waals surface area contributed by atoms with E-state index < -0.39 is 5.60 Å². The molecule has 5 nitrogen and oxygen atoms in total. The van der Waals surface area contributed by atoms with Gasteiger partial charge in [-0.1, -0.05) is 11.6 Å². The lowest BCUT2D eigenvalue weighted by Gasteiger charge is -2.42. The minimum absolute atomic E-state index is 0.0814. The molecule has 22 heavy (non-hydrogen) atoms. The molecule has 0 N–H and O–H groups in total. The molecule has 0 unspecified atom stereocenters. The molecule has 3 rings (SSSR count). The van der Waals surface area contributed by atoms with E-state index >= 15 is 0 Å². The summed E-state index contributed by atoms with van der Waals surface area (Å²) in [6, 6.07) is 3.78. The van der Waals surface area contributed by atoms with E-state index in [9.17, 15) is 4.79 Å². The lowest BCUT2D eigenvalue weighted by molar-refractivity contribution is 0.0106. The molecule has 1 saturated carbocycles. The molecule has 2 heterocycles. The van der Waals surface area contributed by atoms with Crippen molar-refractivity contribution in [1.29, 1.82) is 0 Å². The summed E-state index contributed by atoms with van der Waals surface area (Å²) in [6.45, 7) is 7.94. The molecule has 1 aliphatic heterocycles. The number of carbonyl (C=O) groups excluding carboxylic acids is 1. The third-order valence-electron chi connectivity index (χ3n) is 4.13. The molecule has 1 amide bonds. The number of rotatable bonds is 1. The Morgan fingerprint density at radius 2 is 2.05 bits per heavy atom. The molecule has 0 bridgehead atoms. The second-order valence-electron chi connectivity index (χ2n) is 7.11. The number of hydrogen-bond acceptors (Lipinski definition) is 4. The number of pyridine rings is 1. The van der Waals surface area contributed by atoms with Crippen LogP contribution in [0.5, 0.6) is 0 Å². The molecule has 1 aromatic rings. The smallest absolute Gasteiger partial charge is 0.410 e. The summed E-state index contributed by atoms with van der Waals surface area (Å²) in [5, 5.41) is 0.636. The number of aromatic nitrogens is 1. The van der Waals surface area contributed by atoms with E-state index in [0.717, 1.165) is 31.7 Å². The van der Waals surface area contributed by atoms with E-state index in [-0.39, 0.29) is 11.6 Å². The predicted octanol–water partition coefficient (Wildman–Crippen LogP) is 3.32. The Morgan fingerprint density at radius 3 is 2.59 bits per heavy atom. The fraction of sp³-hybridized carbons (Fsp3) is 0.625. The van der Waals surface area contributed by atoms with E-state index in [1.54, 1.807) is 6.20 Å². The molecule has 0 atom stereocenters. The van der Waals surface area contributed by atoms with Crippen LogP contribution < -0.4 is 4.90 Å². The third kappa shape index (κ3) is 3.14. The largest absolute Gasteiger partial charge is 0.444 e. The SMILES string of the molecule is CC(C)(C)OC(=O)N1CCN(c2ccc(Cl)cn2)CC12CC2. The van der Waals surface area contributed by atoms with Gasteiger partial charge < -0.3 is 9.64 Å². The minimum atomic E-state index is -0.456. The summed E-state index contributed by atoms with van der Waals surface area (Å²) < 4.78 is 5.54. The van der Waals surface area contributed by atoms with Gasteiger partial charge in [0.05, 0.1) is 10.6 Å². The number of anilines is 1. The number of ether oxygens (including phenoxy) is 1. The molecule has 2 aliphatic rings. The van der Waals surface area contributed by atoms with Crippen LogP contribution in [0.4, 0.5) is 10.6 Å². The highest BCUT2D eigenvalue weighted by atomic mass is 35.5. The quantitative estimate of drug-likeness (QED) is 0.795. The third-order valence-corrected chi connectivity index (χ3v) is 4.35. The average molecular weight is 324 g/mol. The summed E-state index contributed by atoms with van der Waals surface area (Å²) in [6.07, 6.45) is 3.51. The summed E-state index contributed by atoms with van der Waals surface area (Å²) in [7, 11) is 0. The van der Waals surface area contributed by atoms with E-state index in [1.165, 1.54) is 0 Å². The molecule has 120 valence electrons. The molecule has 1 aliphatic carbocycles. The molecule has 0 radical (unpaired) electrons. The van der Waals surface area contributed by atoms with Crippen molar-refractivity contribution in [3.63, 3.8) is 0 Å². The van der Waals surface area contributed by atoms with Gasteiger partial charge in [-0.25, -0.2) is 9.78 Å². The van der Waals surface area contributed by atoms with Gasteiger partial charge in [0, 0.05) is 25.8 Å². The highest BCUT2D eigenvalue weighted by molar-refractivity contribution is 6.30. The van der Waals surface area contributed by atoms with Gasteiger partial charge in [0.25, 0.3) is 0 Å². The normalized spacial score (nSPS) is 20.2. The van der Waals surface area contributed by atoms with E-state index in [4.69, 9.17) is 16.3 Å². The molecular formula is C16H22ClN3O2. The van der Waals surface area contributed by atoms with Crippen LogP contribution in [0, 0.1) is 0 Å². The highest BCUT2D eigenvalue weighted by Gasteiger charge is 2.54. The Balaban J connectivity index is 1.70. The van der Waals surface area contributed by atoms with Crippen LogP contribution >= 0.6 is 11.6 Å². The van der Waals surface area contributed by atoms with Gasteiger partial charge in [-0.05, 0) is 45.7 Å². The molecule has 1 aromatic heterocycles. The van der Waals surface area contributed by atoms with Crippen molar-refractivity contribution in [1.82, 2.24) is 9.88 Å². The summed E-state index contributed by atoms with van der Waals surface area (Å²) in [5.41, 5.74) is -0.538. The number of piperazine rings is 1. The van der Waals surface area contributed by atoms with Gasteiger partial charge in [-0.15, -0.1) is 0 Å². The fourth-order valence-corrected chi connectivity index (χ4v) is 3.01. The van der Waals surface area contributed by atoms with E-state index in [2.05, 4.69) is 9.88 Å². The van der Waals surface area contributed by atoms with Crippen molar-refractivity contribution in [2.45, 2.75) is 44.8 Å². The lowest BCUT2D eigenvalue weighted by Crippen LogP contribution is -2.58. The second-order valence-corrected chi connectivity index (χ2v) is 7.55. The molecule has 2 fully saturated rings. The van der Waals surface area contributed by atoms with Gasteiger partial charge >= 0.3 is 6.09 Å². The Kier molecular flexibility index (Phi) is 3.71. The monoisotopic (exact) mass is 323 g/mol. The standard InChI is InChI=1S/C16H22ClN3O2/c1-15(2,3)22-14(21)20-9-8-19(11-16(20)6-7-16)13-5-4-12(17)10-18-13/h4-5,10H,6-9,11H2,1-3H3. The second kappa shape index (κ2) is 5.30. The molecule has 1 saturated heterocycles. The first-order valence-corrected chi connectivity index (χ1v) is 8.04. The zero-order chi connectivity index (χ0) is 16.0. The number of halogens is 1. The summed E-state index contributed by atoms with van der Waals surface area (Å²) in [4.78, 5) is 20.9. The van der Waals surface area contributed by atoms with Crippen LogP contribution in [0.15, 0.2) is 18.3 Å². The maximum Gasteiger partial charge on any atom is 0.410 e. The zero-order valence-electron chi connectivity index (χ0n) is 13.3. The lowest BCUT2D eigenvalue weighted by atomic mass is 10.1. The zero-order valence-corrected chi connectivity index (χ0v) is 14.1. The maximum atomic E-state index is 12.4. The first-order valence-electron chi connectivity index (χ1n) is 7.66. The van der Waals surface area contributed by atoms with Crippen molar-refractivity contribution in [3.8, 4) is 0 Å². The van der Waals surface area contributed by atoms with Crippen LogP contribution in [0.2, 0.25) is 5.02 Å². The first kappa shape index (κ1) is 15.4. The summed E-state index contributed by atoms with van der Waals surface area (Å²) in [5.74, 6) is 0.916. The van der Waals surface area contributed by atoms with E-state index in [1.807, 2.05) is 37.8 Å². The molecule has 6 heteroatoms. The van der Waals surface area contributed by atoms with Gasteiger partial charge in [0.2, 0.25) is 0 Å². The van der Waals surface area contributed by atoms with Crippen LogP contribution in [0.25, 0.3) is 0 Å². The van der Waals surface area contributed by atoms with Crippen molar-refractivity contribution in [2.75, 3.05) is 24.5 Å². The van der Waals surface area contributed by atoms with Crippen molar-refractivity contribution in [3.05, 3.63) is 23.4 Å². The fourth-order valence-electron chi connectivity index (χ4n) is 2.90. The number of carbonyl (C=O) groups is 1. The van der Waals surface area contributed by atoms with E-state index in [0.29, 0.717) is 11.6 Å². The van der Waals surface area contributed by atoms with Crippen LogP contribution in [0.3, 0.4) is 0 Å². The topological polar surface area (TPSA) is 45.7 Å². The average Bonchev–Trinajstić information content (AvgIpc) is 3.17. The Labute approximate surface area is 136 Å². The van der Waals surface area contributed by atoms with Gasteiger partial charge in [0.1, 0.15) is 11.4 Å². The minimum Gasteiger partial charge on any atom is -0.444 e. The van der Waals surface area contributed by atoms with Gasteiger partial charge in [0.15, 0.2) is 0 Å². The molecule has 0 aromatic carbocycles. The number of hydrogen-bond donors (Lipinski definition) is 0. The van der Waals surface area contributed by atoms with Gasteiger partial charge in [-0.3, -0.25) is 4.90 Å². The van der Waals surface area contributed by atoms with Crippen LogP contribution in [-0.2, 0) is 4.74 Å². The van der Waals surface area contributed by atoms with Crippen molar-refractivity contribution < 1.29 is 9.53 Å². The van der Waals surface area contributed by atoms with Crippen LogP contribution in [-0.4, -0.2) is 46.8 Å². The highest BCUT2D eigenvalue weighted by Crippen LogP contribution is 2.45. The van der Waals surface area contributed by atoms with Gasteiger partial charge in [-0.2, -0.15) is 0 Å². The predicted molar refractivity (Wildman–Crippen MR) is 86.4 cm³/mol. The maximum absolute atomic E-state index is 12.4. The van der Waals surface area contributed by atoms with Crippen molar-refractivity contribution >= 4 is 23.5 Å². The molecule has 1 spiro atoms. The first-order chi connectivity index (χ1) is 10.3. The Hall–Kier alpha value is -1.49. The molecular weight excluding hydrogens is 302 g/mol. The van der Waals surface area contributed by atoms with Crippen molar-refractivity contribution in [2.24, 2.45) is 0 Å². The number of amides is 1. The van der Waals surface area contributed by atoms with Crippen LogP contribution in [0.1, 0.15) is 33.6 Å². The Morgan fingerprint density at radius 1 is 1.32 bits per heavy atom.